The minimum Gasteiger partial charge on any atom is -0.334 e. The van der Waals surface area contributed by atoms with Gasteiger partial charge < -0.3 is 9.88 Å². The van der Waals surface area contributed by atoms with Gasteiger partial charge in [0, 0.05) is 36.3 Å². The van der Waals surface area contributed by atoms with E-state index in [9.17, 15) is 4.79 Å². The van der Waals surface area contributed by atoms with E-state index in [1.165, 1.54) is 5.56 Å². The van der Waals surface area contributed by atoms with Crippen molar-refractivity contribution in [1.82, 2.24) is 9.55 Å². The van der Waals surface area contributed by atoms with E-state index in [-0.39, 0.29) is 5.91 Å². The first-order chi connectivity index (χ1) is 14.2. The lowest BCUT2D eigenvalue weighted by atomic mass is 9.99. The Labute approximate surface area is 170 Å². The number of imidazole rings is 1. The van der Waals surface area contributed by atoms with E-state index >= 15 is 0 Å². The number of amides is 1. The van der Waals surface area contributed by atoms with Crippen LogP contribution in [0.15, 0.2) is 91.3 Å². The Morgan fingerprint density at radius 2 is 1.72 bits per heavy atom. The number of carbonyl (C=O) groups excluding carboxylic acids is 1. The van der Waals surface area contributed by atoms with Crippen LogP contribution in [0.3, 0.4) is 0 Å². The fraction of sp³-hybridized carbons (Fsp3) is 0.120. The average molecular weight is 381 g/mol. The molecule has 0 saturated heterocycles. The Morgan fingerprint density at radius 3 is 2.52 bits per heavy atom. The standard InChI is InChI=1S/C25H23N3O/c1-28-17-16-26-24(28)21-11-7-12-22(18-21)27-25(29)23-13-6-5-10-20(23)15-14-19-8-3-2-4-9-19/h2-13,16-18H,14-15H2,1H3,(H,27,29). The van der Waals surface area contributed by atoms with Gasteiger partial charge in [0.1, 0.15) is 5.82 Å². The van der Waals surface area contributed by atoms with Gasteiger partial charge in [-0.3, -0.25) is 4.79 Å². The van der Waals surface area contributed by atoms with Gasteiger partial charge in [-0.2, -0.15) is 0 Å². The molecule has 1 amide bonds. The van der Waals surface area contributed by atoms with Crippen LogP contribution in [0.2, 0.25) is 0 Å². The number of aromatic nitrogens is 2. The van der Waals surface area contributed by atoms with Crippen LogP contribution in [-0.4, -0.2) is 15.5 Å². The quantitative estimate of drug-likeness (QED) is 0.504. The van der Waals surface area contributed by atoms with E-state index in [1.807, 2.05) is 84.5 Å². The highest BCUT2D eigenvalue weighted by molar-refractivity contribution is 6.05. The first-order valence-electron chi connectivity index (χ1n) is 9.71. The molecule has 4 rings (SSSR count). The molecule has 1 N–H and O–H groups in total. The molecule has 0 unspecified atom stereocenters. The molecule has 1 aromatic heterocycles. The summed E-state index contributed by atoms with van der Waals surface area (Å²) in [5.74, 6) is 0.773. The third-order valence-electron chi connectivity index (χ3n) is 4.99. The van der Waals surface area contributed by atoms with Crippen LogP contribution in [0.4, 0.5) is 5.69 Å². The SMILES string of the molecule is Cn1ccnc1-c1cccc(NC(=O)c2ccccc2CCc2ccccc2)c1. The largest absolute Gasteiger partial charge is 0.334 e. The van der Waals surface area contributed by atoms with Crippen molar-refractivity contribution in [3.8, 4) is 11.4 Å². The van der Waals surface area contributed by atoms with Crippen molar-refractivity contribution in [3.05, 3.63) is 108 Å². The minimum atomic E-state index is -0.0920. The summed E-state index contributed by atoms with van der Waals surface area (Å²) in [6, 6.07) is 25.9. The van der Waals surface area contributed by atoms with Crippen LogP contribution in [0.1, 0.15) is 21.5 Å². The highest BCUT2D eigenvalue weighted by atomic mass is 16.1. The lowest BCUT2D eigenvalue weighted by Crippen LogP contribution is -2.14. The van der Waals surface area contributed by atoms with E-state index in [1.54, 1.807) is 6.20 Å². The molecule has 3 aromatic carbocycles. The fourth-order valence-corrected chi connectivity index (χ4v) is 3.46. The second kappa shape index (κ2) is 8.57. The maximum Gasteiger partial charge on any atom is 0.255 e. The third-order valence-corrected chi connectivity index (χ3v) is 4.99. The third kappa shape index (κ3) is 4.43. The molecule has 0 radical (unpaired) electrons. The maximum atomic E-state index is 13.0. The molecule has 0 saturated carbocycles. The number of nitrogens with one attached hydrogen (secondary N) is 1. The fourth-order valence-electron chi connectivity index (χ4n) is 3.46. The summed E-state index contributed by atoms with van der Waals surface area (Å²) in [7, 11) is 1.95. The number of hydrogen-bond donors (Lipinski definition) is 1. The number of rotatable bonds is 6. The summed E-state index contributed by atoms with van der Waals surface area (Å²) in [6.45, 7) is 0. The molecule has 0 spiro atoms. The summed E-state index contributed by atoms with van der Waals surface area (Å²) in [5, 5.41) is 3.04. The lowest BCUT2D eigenvalue weighted by molar-refractivity contribution is 0.102. The Bertz CT molecular complexity index is 1120. The van der Waals surface area contributed by atoms with E-state index in [0.717, 1.165) is 35.5 Å². The molecular weight excluding hydrogens is 358 g/mol. The molecule has 0 bridgehead atoms. The molecule has 29 heavy (non-hydrogen) atoms. The van der Waals surface area contributed by atoms with Crippen molar-refractivity contribution in [1.29, 1.82) is 0 Å². The van der Waals surface area contributed by atoms with Crippen molar-refractivity contribution < 1.29 is 4.79 Å². The first kappa shape index (κ1) is 18.7. The smallest absolute Gasteiger partial charge is 0.255 e. The molecule has 4 heteroatoms. The van der Waals surface area contributed by atoms with Crippen LogP contribution in [-0.2, 0) is 19.9 Å². The lowest BCUT2D eigenvalue weighted by Gasteiger charge is -2.11. The van der Waals surface area contributed by atoms with Crippen molar-refractivity contribution in [2.24, 2.45) is 7.05 Å². The van der Waals surface area contributed by atoms with Gasteiger partial charge in [-0.15, -0.1) is 0 Å². The molecule has 0 aliphatic heterocycles. The van der Waals surface area contributed by atoms with Crippen LogP contribution in [0.5, 0.6) is 0 Å². The van der Waals surface area contributed by atoms with Gasteiger partial charge in [0.2, 0.25) is 0 Å². The molecular formula is C25H23N3O. The summed E-state index contributed by atoms with van der Waals surface area (Å²) in [6.07, 6.45) is 5.40. The monoisotopic (exact) mass is 381 g/mol. The zero-order chi connectivity index (χ0) is 20.1. The zero-order valence-electron chi connectivity index (χ0n) is 16.4. The van der Waals surface area contributed by atoms with Crippen molar-refractivity contribution >= 4 is 11.6 Å². The minimum absolute atomic E-state index is 0.0920. The summed E-state index contributed by atoms with van der Waals surface area (Å²) >= 11 is 0. The van der Waals surface area contributed by atoms with E-state index in [4.69, 9.17) is 0 Å². The number of aryl methyl sites for hydroxylation is 3. The van der Waals surface area contributed by atoms with Gasteiger partial charge in [-0.25, -0.2) is 4.98 Å². The van der Waals surface area contributed by atoms with Crippen molar-refractivity contribution in [3.63, 3.8) is 0 Å². The summed E-state index contributed by atoms with van der Waals surface area (Å²) < 4.78 is 1.96. The van der Waals surface area contributed by atoms with Crippen molar-refractivity contribution in [2.45, 2.75) is 12.8 Å². The first-order valence-corrected chi connectivity index (χ1v) is 9.71. The predicted octanol–water partition coefficient (Wildman–Crippen LogP) is 5.12. The summed E-state index contributed by atoms with van der Waals surface area (Å²) in [5.41, 5.74) is 4.76. The number of hydrogen-bond acceptors (Lipinski definition) is 2. The Morgan fingerprint density at radius 1 is 0.931 bits per heavy atom. The molecule has 144 valence electrons. The van der Waals surface area contributed by atoms with Crippen LogP contribution < -0.4 is 5.32 Å². The molecule has 4 nitrogen and oxygen atoms in total. The van der Waals surface area contributed by atoms with Crippen molar-refractivity contribution in [2.75, 3.05) is 5.32 Å². The number of anilines is 1. The molecule has 0 aliphatic rings. The number of nitrogens with zero attached hydrogens (tertiary/aromatic N) is 2. The molecule has 0 aliphatic carbocycles. The predicted molar refractivity (Wildman–Crippen MR) is 117 cm³/mol. The molecule has 4 aromatic rings. The topological polar surface area (TPSA) is 46.9 Å². The Kier molecular flexibility index (Phi) is 5.52. The molecule has 0 fully saturated rings. The van der Waals surface area contributed by atoms with Gasteiger partial charge in [0.05, 0.1) is 0 Å². The number of carbonyl (C=O) groups is 1. The zero-order valence-corrected chi connectivity index (χ0v) is 16.4. The number of benzene rings is 3. The van der Waals surface area contributed by atoms with Gasteiger partial charge in [0.25, 0.3) is 5.91 Å². The Hall–Kier alpha value is -3.66. The van der Waals surface area contributed by atoms with E-state index in [2.05, 4.69) is 22.4 Å². The second-order valence-electron chi connectivity index (χ2n) is 7.04. The Balaban J connectivity index is 1.51. The van der Waals surface area contributed by atoms with Crippen LogP contribution >= 0.6 is 0 Å². The average Bonchev–Trinajstić information content (AvgIpc) is 3.19. The molecule has 1 heterocycles. The van der Waals surface area contributed by atoms with Gasteiger partial charge in [0.15, 0.2) is 0 Å². The molecule has 0 atom stereocenters. The second-order valence-corrected chi connectivity index (χ2v) is 7.04. The van der Waals surface area contributed by atoms with E-state index in [0.29, 0.717) is 5.56 Å². The normalized spacial score (nSPS) is 10.7. The van der Waals surface area contributed by atoms with Crippen LogP contribution in [0.25, 0.3) is 11.4 Å². The highest BCUT2D eigenvalue weighted by Gasteiger charge is 2.12. The van der Waals surface area contributed by atoms with Crippen LogP contribution in [0, 0.1) is 0 Å². The highest BCUT2D eigenvalue weighted by Crippen LogP contribution is 2.22. The van der Waals surface area contributed by atoms with Gasteiger partial charge in [-0.05, 0) is 42.2 Å². The van der Waals surface area contributed by atoms with E-state index < -0.39 is 0 Å². The summed E-state index contributed by atoms with van der Waals surface area (Å²) in [4.78, 5) is 17.4. The van der Waals surface area contributed by atoms with Gasteiger partial charge in [-0.1, -0.05) is 60.7 Å². The maximum absolute atomic E-state index is 13.0. The van der Waals surface area contributed by atoms with Gasteiger partial charge >= 0.3 is 0 Å².